The van der Waals surface area contributed by atoms with Gasteiger partial charge < -0.3 is 4.74 Å². The summed E-state index contributed by atoms with van der Waals surface area (Å²) in [5.74, 6) is -0.389. The highest BCUT2D eigenvalue weighted by Crippen LogP contribution is 2.24. The minimum absolute atomic E-state index is 0.0750. The van der Waals surface area contributed by atoms with Gasteiger partial charge in [-0.05, 0) is 46.3 Å². The van der Waals surface area contributed by atoms with Crippen LogP contribution in [0, 0.1) is 9.39 Å². The zero-order valence-corrected chi connectivity index (χ0v) is 11.2. The fourth-order valence-electron chi connectivity index (χ4n) is 1.61. The van der Waals surface area contributed by atoms with Crippen molar-refractivity contribution >= 4 is 34.4 Å². The van der Waals surface area contributed by atoms with E-state index in [1.54, 1.807) is 12.1 Å². The van der Waals surface area contributed by atoms with Crippen LogP contribution < -0.4 is 4.90 Å². The van der Waals surface area contributed by atoms with Crippen LogP contribution in [-0.2, 0) is 4.74 Å². The minimum atomic E-state index is -0.561. The molecule has 1 saturated heterocycles. The molecular weight excluding hydrogens is 354 g/mol. The molecule has 1 aliphatic rings. The third kappa shape index (κ3) is 2.65. The molecule has 94 valence electrons. The first-order valence-corrected chi connectivity index (χ1v) is 6.13. The molecule has 8 heteroatoms. The lowest BCUT2D eigenvalue weighted by molar-refractivity contribution is 0.145. The summed E-state index contributed by atoms with van der Waals surface area (Å²) in [6.45, 7) is 0.323. The lowest BCUT2D eigenvalue weighted by Gasteiger charge is -2.13. The number of carbonyl (C=O) groups is 1. The van der Waals surface area contributed by atoms with Crippen molar-refractivity contribution in [1.29, 1.82) is 0 Å². The summed E-state index contributed by atoms with van der Waals surface area (Å²) in [5, 5.41) is 3.35. The Morgan fingerprint density at radius 1 is 1.67 bits per heavy atom. The van der Waals surface area contributed by atoms with Crippen LogP contribution in [0.25, 0.3) is 10.4 Å². The number of hydrogen-bond acceptors (Lipinski definition) is 3. The van der Waals surface area contributed by atoms with E-state index in [0.717, 1.165) is 0 Å². The first-order valence-electron chi connectivity index (χ1n) is 5.06. The minimum Gasteiger partial charge on any atom is -0.444 e. The normalized spacial score (nSPS) is 18.4. The molecule has 0 N–H and O–H groups in total. The molecule has 2 rings (SSSR count). The number of nitrogens with zero attached hydrogens (tertiary/aromatic N) is 4. The second-order valence-electron chi connectivity index (χ2n) is 3.63. The molecule has 0 spiro atoms. The monoisotopic (exact) mass is 362 g/mol. The van der Waals surface area contributed by atoms with Gasteiger partial charge >= 0.3 is 6.09 Å². The Hall–Kier alpha value is -1.54. The van der Waals surface area contributed by atoms with Crippen LogP contribution in [0.1, 0.15) is 0 Å². The maximum Gasteiger partial charge on any atom is 0.414 e. The molecule has 1 atom stereocenters. The first-order chi connectivity index (χ1) is 8.61. The van der Waals surface area contributed by atoms with E-state index >= 15 is 0 Å². The fourth-order valence-corrected chi connectivity index (χ4v) is 1.94. The molecule has 0 bridgehead atoms. The van der Waals surface area contributed by atoms with E-state index in [2.05, 4.69) is 10.0 Å². The van der Waals surface area contributed by atoms with Gasteiger partial charge in [0.2, 0.25) is 0 Å². The highest BCUT2D eigenvalue weighted by atomic mass is 127. The Morgan fingerprint density at radius 2 is 2.44 bits per heavy atom. The van der Waals surface area contributed by atoms with Gasteiger partial charge in [0.15, 0.2) is 0 Å². The third-order valence-corrected chi connectivity index (χ3v) is 3.31. The van der Waals surface area contributed by atoms with Crippen LogP contribution in [0.4, 0.5) is 14.9 Å². The molecule has 1 aliphatic heterocycles. The molecule has 1 aromatic rings. The quantitative estimate of drug-likeness (QED) is 0.359. The van der Waals surface area contributed by atoms with Gasteiger partial charge in [-0.15, -0.1) is 0 Å². The van der Waals surface area contributed by atoms with E-state index in [-0.39, 0.29) is 18.9 Å². The SMILES string of the molecule is [N-]=[N+]=NCC1CN(c2ccc(I)c(F)c2)C(=O)O1. The van der Waals surface area contributed by atoms with Gasteiger partial charge in [0, 0.05) is 8.48 Å². The van der Waals surface area contributed by atoms with Gasteiger partial charge in [0.25, 0.3) is 0 Å². The Labute approximate surface area is 115 Å². The zero-order chi connectivity index (χ0) is 13.1. The molecule has 1 amide bonds. The summed E-state index contributed by atoms with van der Waals surface area (Å²) >= 11 is 1.87. The van der Waals surface area contributed by atoms with Crippen molar-refractivity contribution in [2.45, 2.75) is 6.10 Å². The van der Waals surface area contributed by atoms with Gasteiger partial charge in [-0.25, -0.2) is 9.18 Å². The summed E-state index contributed by atoms with van der Waals surface area (Å²) in [6, 6.07) is 4.50. The number of carbonyl (C=O) groups excluding carboxylic acids is 1. The lowest BCUT2D eigenvalue weighted by Crippen LogP contribution is -2.25. The zero-order valence-electron chi connectivity index (χ0n) is 9.08. The second kappa shape index (κ2) is 5.40. The summed E-state index contributed by atoms with van der Waals surface area (Å²) in [4.78, 5) is 15.5. The van der Waals surface area contributed by atoms with E-state index in [9.17, 15) is 9.18 Å². The predicted molar refractivity (Wildman–Crippen MR) is 70.7 cm³/mol. The number of hydrogen-bond donors (Lipinski definition) is 0. The van der Waals surface area contributed by atoms with Crippen LogP contribution in [0.5, 0.6) is 0 Å². The molecule has 1 fully saturated rings. The summed E-state index contributed by atoms with van der Waals surface area (Å²) in [6.07, 6.45) is -1.05. The van der Waals surface area contributed by atoms with E-state index in [1.165, 1.54) is 11.0 Å². The van der Waals surface area contributed by atoms with E-state index in [0.29, 0.717) is 9.26 Å². The molecule has 0 aliphatic carbocycles. The van der Waals surface area contributed by atoms with Crippen molar-refractivity contribution in [3.63, 3.8) is 0 Å². The Morgan fingerprint density at radius 3 is 3.11 bits per heavy atom. The third-order valence-electron chi connectivity index (χ3n) is 2.44. The van der Waals surface area contributed by atoms with Crippen LogP contribution in [0.15, 0.2) is 23.3 Å². The number of amides is 1. The largest absolute Gasteiger partial charge is 0.444 e. The van der Waals surface area contributed by atoms with Crippen molar-refractivity contribution in [1.82, 2.24) is 0 Å². The number of azide groups is 1. The summed E-state index contributed by atoms with van der Waals surface area (Å²) in [7, 11) is 0. The molecule has 1 unspecified atom stereocenters. The van der Waals surface area contributed by atoms with Crippen LogP contribution in [0.2, 0.25) is 0 Å². The number of cyclic esters (lactones) is 1. The molecule has 6 nitrogen and oxygen atoms in total. The standard InChI is InChI=1S/C10H8FIN4O2/c11-8-3-6(1-2-9(8)12)16-5-7(4-14-15-13)18-10(16)17/h1-3,7H,4-5H2. The van der Waals surface area contributed by atoms with Gasteiger partial charge in [0.05, 0.1) is 18.8 Å². The highest BCUT2D eigenvalue weighted by molar-refractivity contribution is 14.1. The van der Waals surface area contributed by atoms with Crippen LogP contribution >= 0.6 is 22.6 Å². The average Bonchev–Trinajstić information content (AvgIpc) is 2.71. The van der Waals surface area contributed by atoms with E-state index in [4.69, 9.17) is 10.3 Å². The smallest absolute Gasteiger partial charge is 0.414 e. The van der Waals surface area contributed by atoms with E-state index < -0.39 is 12.2 Å². The Kier molecular flexibility index (Phi) is 3.87. The van der Waals surface area contributed by atoms with E-state index in [1.807, 2.05) is 22.6 Å². The Bertz CT molecular complexity index is 533. The fraction of sp³-hybridized carbons (Fsp3) is 0.300. The summed E-state index contributed by atoms with van der Waals surface area (Å²) < 4.78 is 18.9. The number of benzene rings is 1. The van der Waals surface area contributed by atoms with Crippen molar-refractivity contribution in [3.8, 4) is 0 Å². The number of rotatable bonds is 3. The van der Waals surface area contributed by atoms with Crippen LogP contribution in [0.3, 0.4) is 0 Å². The average molecular weight is 362 g/mol. The number of ether oxygens (including phenoxy) is 1. The lowest BCUT2D eigenvalue weighted by atomic mass is 10.2. The van der Waals surface area contributed by atoms with Gasteiger partial charge in [-0.3, -0.25) is 4.90 Å². The number of anilines is 1. The van der Waals surface area contributed by atoms with Crippen molar-refractivity contribution in [2.24, 2.45) is 5.11 Å². The van der Waals surface area contributed by atoms with Gasteiger partial charge in [0.1, 0.15) is 11.9 Å². The van der Waals surface area contributed by atoms with Crippen molar-refractivity contribution < 1.29 is 13.9 Å². The Balaban J connectivity index is 2.16. The molecule has 18 heavy (non-hydrogen) atoms. The highest BCUT2D eigenvalue weighted by Gasteiger charge is 2.32. The van der Waals surface area contributed by atoms with Crippen molar-refractivity contribution in [3.05, 3.63) is 38.0 Å². The first kappa shape index (κ1) is 12.9. The molecular formula is C10H8FIN4O2. The van der Waals surface area contributed by atoms with Crippen molar-refractivity contribution in [2.75, 3.05) is 18.0 Å². The maximum absolute atomic E-state index is 13.4. The van der Waals surface area contributed by atoms with Gasteiger partial charge in [-0.2, -0.15) is 0 Å². The molecule has 0 aromatic heterocycles. The summed E-state index contributed by atoms with van der Waals surface area (Å²) in [5.41, 5.74) is 8.63. The molecule has 1 heterocycles. The second-order valence-corrected chi connectivity index (χ2v) is 4.79. The predicted octanol–water partition coefficient (Wildman–Crippen LogP) is 3.07. The molecule has 0 radical (unpaired) electrons. The molecule has 1 aromatic carbocycles. The van der Waals surface area contributed by atoms with Crippen LogP contribution in [-0.4, -0.2) is 25.3 Å². The topological polar surface area (TPSA) is 78.3 Å². The maximum atomic E-state index is 13.4. The molecule has 0 saturated carbocycles. The van der Waals surface area contributed by atoms with Gasteiger partial charge in [-0.1, -0.05) is 5.11 Å². The number of halogens is 2.